The van der Waals surface area contributed by atoms with Gasteiger partial charge >= 0.3 is 6.03 Å². The summed E-state index contributed by atoms with van der Waals surface area (Å²) >= 11 is 5.95. The zero-order valence-electron chi connectivity index (χ0n) is 15.1. The molecule has 0 saturated carbocycles. The quantitative estimate of drug-likeness (QED) is 0.859. The normalized spacial score (nSPS) is 17.4. The highest BCUT2D eigenvalue weighted by Crippen LogP contribution is 2.24. The number of hydrogen-bond acceptors (Lipinski definition) is 2. The lowest BCUT2D eigenvalue weighted by Gasteiger charge is -2.39. The molecule has 1 saturated heterocycles. The molecule has 0 unspecified atom stereocenters. The Labute approximate surface area is 158 Å². The molecule has 1 fully saturated rings. The third-order valence-corrected chi connectivity index (χ3v) is 5.03. The Bertz CT molecular complexity index is 853. The van der Waals surface area contributed by atoms with E-state index in [9.17, 15) is 9.59 Å². The summed E-state index contributed by atoms with van der Waals surface area (Å²) in [5.41, 5.74) is 3.82. The first-order valence-corrected chi connectivity index (χ1v) is 8.96. The van der Waals surface area contributed by atoms with Crippen molar-refractivity contribution in [2.45, 2.75) is 26.8 Å². The number of nitrogens with one attached hydrogen (secondary N) is 1. The maximum Gasteiger partial charge on any atom is 0.322 e. The molecule has 136 valence electrons. The number of aryl methyl sites for hydroxylation is 2. The Morgan fingerprint density at radius 3 is 2.58 bits per heavy atom. The maximum atomic E-state index is 12.8. The van der Waals surface area contributed by atoms with Crippen LogP contribution >= 0.6 is 11.6 Å². The van der Waals surface area contributed by atoms with Crippen molar-refractivity contribution in [1.29, 1.82) is 0 Å². The minimum absolute atomic E-state index is 0.0826. The molecule has 0 aliphatic carbocycles. The summed E-state index contributed by atoms with van der Waals surface area (Å²) in [5, 5.41) is 3.35. The molecule has 2 aromatic carbocycles. The van der Waals surface area contributed by atoms with Crippen molar-refractivity contribution in [1.82, 2.24) is 4.90 Å². The van der Waals surface area contributed by atoms with Crippen LogP contribution in [-0.2, 0) is 4.79 Å². The number of carbonyl (C=O) groups excluding carboxylic acids is 2. The second kappa shape index (κ2) is 7.38. The molecule has 0 spiro atoms. The Kier molecular flexibility index (Phi) is 5.18. The fourth-order valence-corrected chi connectivity index (χ4v) is 3.25. The number of piperazine rings is 1. The molecule has 1 aliphatic heterocycles. The first-order chi connectivity index (χ1) is 12.4. The van der Waals surface area contributed by atoms with Crippen molar-refractivity contribution < 1.29 is 9.59 Å². The lowest BCUT2D eigenvalue weighted by Crippen LogP contribution is -2.58. The predicted octanol–water partition coefficient (Wildman–Crippen LogP) is 4.23. The fourth-order valence-electron chi connectivity index (χ4n) is 3.06. The molecule has 0 aromatic heterocycles. The number of benzene rings is 2. The number of rotatable bonds is 2. The van der Waals surface area contributed by atoms with Gasteiger partial charge in [-0.25, -0.2) is 4.79 Å². The molecule has 3 rings (SSSR count). The SMILES string of the molecule is Cc1ccc(N2CCN(C(=O)Nc3cccc(Cl)c3)[C@H](C)C2=O)cc1C. The van der Waals surface area contributed by atoms with Gasteiger partial charge in [0.15, 0.2) is 0 Å². The van der Waals surface area contributed by atoms with Crippen LogP contribution in [0, 0.1) is 13.8 Å². The molecule has 1 aliphatic rings. The van der Waals surface area contributed by atoms with E-state index < -0.39 is 6.04 Å². The van der Waals surface area contributed by atoms with Crippen LogP contribution in [0.2, 0.25) is 5.02 Å². The number of anilines is 2. The molecule has 26 heavy (non-hydrogen) atoms. The van der Waals surface area contributed by atoms with Gasteiger partial charge < -0.3 is 15.1 Å². The van der Waals surface area contributed by atoms with E-state index in [1.807, 2.05) is 32.0 Å². The Hall–Kier alpha value is -2.53. The molecule has 0 radical (unpaired) electrons. The van der Waals surface area contributed by atoms with E-state index in [2.05, 4.69) is 5.32 Å². The lowest BCUT2D eigenvalue weighted by atomic mass is 10.1. The number of hydrogen-bond donors (Lipinski definition) is 1. The first kappa shape index (κ1) is 18.3. The lowest BCUT2D eigenvalue weighted by molar-refractivity contribution is -0.123. The minimum Gasteiger partial charge on any atom is -0.311 e. The summed E-state index contributed by atoms with van der Waals surface area (Å²) < 4.78 is 0. The van der Waals surface area contributed by atoms with Gasteiger partial charge in [-0.05, 0) is 62.2 Å². The van der Waals surface area contributed by atoms with Crippen LogP contribution < -0.4 is 10.2 Å². The van der Waals surface area contributed by atoms with E-state index in [0.717, 1.165) is 11.3 Å². The zero-order chi connectivity index (χ0) is 18.8. The molecule has 1 heterocycles. The van der Waals surface area contributed by atoms with Crippen molar-refractivity contribution >= 4 is 34.9 Å². The molecule has 3 amide bonds. The summed E-state index contributed by atoms with van der Waals surface area (Å²) in [4.78, 5) is 28.7. The smallest absolute Gasteiger partial charge is 0.311 e. The Morgan fingerprint density at radius 1 is 1.12 bits per heavy atom. The van der Waals surface area contributed by atoms with E-state index in [-0.39, 0.29) is 11.9 Å². The molecule has 1 N–H and O–H groups in total. The second-order valence-corrected chi connectivity index (χ2v) is 7.00. The van der Waals surface area contributed by atoms with Crippen LogP contribution in [0.3, 0.4) is 0 Å². The molecule has 2 aromatic rings. The van der Waals surface area contributed by atoms with Gasteiger partial charge in [-0.15, -0.1) is 0 Å². The summed E-state index contributed by atoms with van der Waals surface area (Å²) in [7, 11) is 0. The number of urea groups is 1. The summed E-state index contributed by atoms with van der Waals surface area (Å²) in [6.07, 6.45) is 0. The minimum atomic E-state index is -0.537. The summed E-state index contributed by atoms with van der Waals surface area (Å²) in [6, 6.07) is 12.1. The van der Waals surface area contributed by atoms with Gasteiger partial charge in [-0.1, -0.05) is 23.7 Å². The summed E-state index contributed by atoms with van der Waals surface area (Å²) in [5.74, 6) is -0.0826. The van der Waals surface area contributed by atoms with E-state index in [0.29, 0.717) is 23.8 Å². The molecular weight excluding hydrogens is 350 g/mol. The van der Waals surface area contributed by atoms with E-state index in [1.54, 1.807) is 41.0 Å². The van der Waals surface area contributed by atoms with Crippen LogP contribution in [-0.4, -0.2) is 36.0 Å². The number of nitrogens with zero attached hydrogens (tertiary/aromatic N) is 2. The van der Waals surface area contributed by atoms with Gasteiger partial charge in [-0.3, -0.25) is 4.79 Å². The van der Waals surface area contributed by atoms with Crippen LogP contribution in [0.25, 0.3) is 0 Å². The average molecular weight is 372 g/mol. The third-order valence-electron chi connectivity index (χ3n) is 4.79. The van der Waals surface area contributed by atoms with Gasteiger partial charge in [0.1, 0.15) is 6.04 Å². The van der Waals surface area contributed by atoms with Crippen LogP contribution in [0.5, 0.6) is 0 Å². The van der Waals surface area contributed by atoms with E-state index in [1.165, 1.54) is 5.56 Å². The standard InChI is InChI=1S/C20H22ClN3O2/c1-13-7-8-18(11-14(13)2)24-10-9-23(15(3)19(24)25)20(26)22-17-6-4-5-16(21)12-17/h4-8,11-12,15H,9-10H2,1-3H3,(H,22,26)/t15-/m1/s1. The van der Waals surface area contributed by atoms with E-state index in [4.69, 9.17) is 11.6 Å². The largest absolute Gasteiger partial charge is 0.322 e. The highest BCUT2D eigenvalue weighted by atomic mass is 35.5. The maximum absolute atomic E-state index is 12.8. The zero-order valence-corrected chi connectivity index (χ0v) is 15.9. The van der Waals surface area contributed by atoms with E-state index >= 15 is 0 Å². The van der Waals surface area contributed by atoms with Crippen molar-refractivity contribution in [2.24, 2.45) is 0 Å². The van der Waals surface area contributed by atoms with Crippen molar-refractivity contribution in [3.8, 4) is 0 Å². The van der Waals surface area contributed by atoms with Crippen molar-refractivity contribution in [2.75, 3.05) is 23.3 Å². The number of carbonyl (C=O) groups is 2. The fraction of sp³-hybridized carbons (Fsp3) is 0.300. The van der Waals surface area contributed by atoms with Gasteiger partial charge in [0, 0.05) is 29.5 Å². The van der Waals surface area contributed by atoms with Crippen molar-refractivity contribution in [3.05, 3.63) is 58.6 Å². The number of amides is 3. The molecule has 6 heteroatoms. The molecule has 5 nitrogen and oxygen atoms in total. The van der Waals surface area contributed by atoms with Crippen LogP contribution in [0.4, 0.5) is 16.2 Å². The van der Waals surface area contributed by atoms with Gasteiger partial charge in [-0.2, -0.15) is 0 Å². The highest BCUT2D eigenvalue weighted by Gasteiger charge is 2.35. The monoisotopic (exact) mass is 371 g/mol. The Balaban J connectivity index is 1.72. The third kappa shape index (κ3) is 3.68. The van der Waals surface area contributed by atoms with Crippen LogP contribution in [0.1, 0.15) is 18.1 Å². The number of halogens is 1. The molecule has 0 bridgehead atoms. The van der Waals surface area contributed by atoms with Crippen molar-refractivity contribution in [3.63, 3.8) is 0 Å². The second-order valence-electron chi connectivity index (χ2n) is 6.57. The Morgan fingerprint density at radius 2 is 1.88 bits per heavy atom. The van der Waals surface area contributed by atoms with Gasteiger partial charge in [0.25, 0.3) is 0 Å². The van der Waals surface area contributed by atoms with Gasteiger partial charge in [0.05, 0.1) is 0 Å². The molecule has 1 atom stereocenters. The summed E-state index contributed by atoms with van der Waals surface area (Å²) in [6.45, 7) is 6.76. The average Bonchev–Trinajstić information content (AvgIpc) is 2.60. The first-order valence-electron chi connectivity index (χ1n) is 8.58. The topological polar surface area (TPSA) is 52.6 Å². The predicted molar refractivity (Wildman–Crippen MR) is 105 cm³/mol. The molecular formula is C20H22ClN3O2. The highest BCUT2D eigenvalue weighted by molar-refractivity contribution is 6.30. The van der Waals surface area contributed by atoms with Gasteiger partial charge in [0.2, 0.25) is 5.91 Å². The van der Waals surface area contributed by atoms with Crippen LogP contribution in [0.15, 0.2) is 42.5 Å².